The molecule has 0 aliphatic carbocycles. The lowest BCUT2D eigenvalue weighted by atomic mass is 10.1. The quantitative estimate of drug-likeness (QED) is 0.732. The van der Waals surface area contributed by atoms with E-state index in [0.29, 0.717) is 28.5 Å². The minimum absolute atomic E-state index is 0.320. The molecule has 27 heavy (non-hydrogen) atoms. The average Bonchev–Trinajstić information content (AvgIpc) is 3.33. The number of piperidine rings is 1. The van der Waals surface area contributed by atoms with Gasteiger partial charge in [-0.3, -0.25) is 4.99 Å². The highest BCUT2D eigenvalue weighted by atomic mass is 32.2. The topological polar surface area (TPSA) is 93.9 Å². The van der Waals surface area contributed by atoms with Crippen LogP contribution in [-0.2, 0) is 6.42 Å². The SMILES string of the molecule is COc1cccc2c1nc(N)n1nc(CCN3CCC4N=CSC4C3)nc21. The molecule has 1 aromatic carbocycles. The molecule has 0 bridgehead atoms. The summed E-state index contributed by atoms with van der Waals surface area (Å²) in [5, 5.41) is 6.08. The number of aromatic nitrogens is 4. The number of methoxy groups -OCH3 is 1. The normalized spacial score (nSPS) is 22.6. The molecule has 3 aromatic rings. The van der Waals surface area contributed by atoms with E-state index in [1.807, 2.05) is 35.5 Å². The van der Waals surface area contributed by atoms with Gasteiger partial charge in [0.25, 0.3) is 0 Å². The fourth-order valence-electron chi connectivity index (χ4n) is 3.86. The third-order valence-electron chi connectivity index (χ3n) is 5.30. The zero-order valence-corrected chi connectivity index (χ0v) is 15.9. The number of hydrogen-bond acceptors (Lipinski definition) is 8. The van der Waals surface area contributed by atoms with Gasteiger partial charge in [0.05, 0.1) is 18.7 Å². The molecule has 9 heteroatoms. The number of fused-ring (bicyclic) bond motifs is 4. The van der Waals surface area contributed by atoms with Gasteiger partial charge in [-0.15, -0.1) is 16.9 Å². The van der Waals surface area contributed by atoms with Crippen LogP contribution in [0, 0.1) is 0 Å². The molecule has 0 amide bonds. The van der Waals surface area contributed by atoms with Crippen LogP contribution in [-0.4, -0.2) is 68.1 Å². The van der Waals surface area contributed by atoms with Crippen LogP contribution < -0.4 is 10.5 Å². The number of hydrogen-bond donors (Lipinski definition) is 1. The van der Waals surface area contributed by atoms with E-state index in [0.717, 1.165) is 49.3 Å². The van der Waals surface area contributed by atoms with Gasteiger partial charge in [-0.25, -0.2) is 9.97 Å². The van der Waals surface area contributed by atoms with Gasteiger partial charge in [0, 0.05) is 36.7 Å². The lowest BCUT2D eigenvalue weighted by Gasteiger charge is -2.33. The Morgan fingerprint density at radius 1 is 1.33 bits per heavy atom. The van der Waals surface area contributed by atoms with Crippen molar-refractivity contribution in [3.63, 3.8) is 0 Å². The fraction of sp³-hybridized carbons (Fsp3) is 0.444. The van der Waals surface area contributed by atoms with Gasteiger partial charge in [-0.05, 0) is 18.6 Å². The molecule has 8 nitrogen and oxygen atoms in total. The maximum atomic E-state index is 6.12. The van der Waals surface area contributed by atoms with Gasteiger partial charge < -0.3 is 15.4 Å². The number of para-hydroxylation sites is 1. The Balaban J connectivity index is 1.40. The van der Waals surface area contributed by atoms with Crippen molar-refractivity contribution in [2.45, 2.75) is 24.1 Å². The third kappa shape index (κ3) is 2.90. The molecule has 2 aliphatic heterocycles. The van der Waals surface area contributed by atoms with Crippen LogP contribution in [0.4, 0.5) is 5.95 Å². The second-order valence-corrected chi connectivity index (χ2v) is 8.01. The highest BCUT2D eigenvalue weighted by Gasteiger charge is 2.31. The Morgan fingerprint density at radius 3 is 3.15 bits per heavy atom. The second-order valence-electron chi connectivity index (χ2n) is 6.93. The third-order valence-corrected chi connectivity index (χ3v) is 6.36. The van der Waals surface area contributed by atoms with Gasteiger partial charge >= 0.3 is 0 Å². The summed E-state index contributed by atoms with van der Waals surface area (Å²) >= 11 is 1.86. The lowest BCUT2D eigenvalue weighted by Crippen LogP contribution is -2.43. The van der Waals surface area contributed by atoms with Crippen LogP contribution in [0.15, 0.2) is 23.2 Å². The number of nitrogens with zero attached hydrogens (tertiary/aromatic N) is 6. The number of nitrogen functional groups attached to an aromatic ring is 1. The zero-order valence-electron chi connectivity index (χ0n) is 15.1. The summed E-state index contributed by atoms with van der Waals surface area (Å²) in [6.45, 7) is 3.10. The van der Waals surface area contributed by atoms with Crippen molar-refractivity contribution in [1.29, 1.82) is 0 Å². The van der Waals surface area contributed by atoms with Crippen LogP contribution in [0.25, 0.3) is 16.6 Å². The van der Waals surface area contributed by atoms with E-state index in [1.54, 1.807) is 11.6 Å². The Labute approximate surface area is 160 Å². The molecule has 1 fully saturated rings. The lowest BCUT2D eigenvalue weighted by molar-refractivity contribution is 0.223. The van der Waals surface area contributed by atoms with Crippen molar-refractivity contribution in [3.8, 4) is 5.75 Å². The number of rotatable bonds is 4. The first-order chi connectivity index (χ1) is 13.2. The molecular formula is C18H21N7OS. The van der Waals surface area contributed by atoms with Crippen LogP contribution in [0.2, 0.25) is 0 Å². The molecule has 140 valence electrons. The standard InChI is InChI=1S/C18H21N7OS/c1-26-13-4-2-3-11-16(13)22-18(19)25-17(11)21-15(23-25)6-8-24-7-5-12-14(9-24)27-10-20-12/h2-4,10,12,14H,5-9H2,1H3,(H2,19,22). The summed E-state index contributed by atoms with van der Waals surface area (Å²) < 4.78 is 7.03. The molecule has 2 aliphatic rings. The van der Waals surface area contributed by atoms with Crippen LogP contribution in [0.5, 0.6) is 5.75 Å². The minimum atomic E-state index is 0.320. The van der Waals surface area contributed by atoms with E-state index in [-0.39, 0.29) is 0 Å². The van der Waals surface area contributed by atoms with Crippen molar-refractivity contribution >= 4 is 39.8 Å². The number of benzene rings is 1. The van der Waals surface area contributed by atoms with E-state index in [2.05, 4.69) is 20.0 Å². The molecule has 2 atom stereocenters. The van der Waals surface area contributed by atoms with Gasteiger partial charge in [-0.1, -0.05) is 6.07 Å². The van der Waals surface area contributed by atoms with Crippen molar-refractivity contribution in [2.75, 3.05) is 32.5 Å². The first-order valence-electron chi connectivity index (χ1n) is 9.10. The number of ether oxygens (including phenoxy) is 1. The Hall–Kier alpha value is -2.39. The maximum Gasteiger partial charge on any atom is 0.223 e. The monoisotopic (exact) mass is 383 g/mol. The van der Waals surface area contributed by atoms with E-state index in [1.165, 1.54) is 0 Å². The summed E-state index contributed by atoms with van der Waals surface area (Å²) in [6.07, 6.45) is 1.92. The van der Waals surface area contributed by atoms with Crippen LogP contribution in [0.3, 0.4) is 0 Å². The number of thioether (sulfide) groups is 1. The predicted octanol–water partition coefficient (Wildman–Crippen LogP) is 1.63. The van der Waals surface area contributed by atoms with Crippen LogP contribution in [0.1, 0.15) is 12.2 Å². The zero-order chi connectivity index (χ0) is 18.4. The van der Waals surface area contributed by atoms with Gasteiger partial charge in [-0.2, -0.15) is 4.52 Å². The number of anilines is 1. The van der Waals surface area contributed by atoms with Crippen molar-refractivity contribution in [2.24, 2.45) is 4.99 Å². The molecule has 2 unspecified atom stereocenters. The summed E-state index contributed by atoms with van der Waals surface area (Å²) in [5.74, 6) is 1.79. The number of aliphatic imine (C=N–C) groups is 1. The minimum Gasteiger partial charge on any atom is -0.494 e. The van der Waals surface area contributed by atoms with Crippen molar-refractivity contribution in [1.82, 2.24) is 24.5 Å². The smallest absolute Gasteiger partial charge is 0.223 e. The highest BCUT2D eigenvalue weighted by Crippen LogP contribution is 2.29. The van der Waals surface area contributed by atoms with Gasteiger partial charge in [0.2, 0.25) is 5.95 Å². The number of nitrogens with two attached hydrogens (primary N) is 1. The van der Waals surface area contributed by atoms with Gasteiger partial charge in [0.15, 0.2) is 11.5 Å². The Morgan fingerprint density at radius 2 is 2.26 bits per heavy atom. The first kappa shape index (κ1) is 16.8. The average molecular weight is 383 g/mol. The maximum absolute atomic E-state index is 6.12. The first-order valence-corrected chi connectivity index (χ1v) is 10.0. The molecule has 1 saturated heterocycles. The molecule has 0 radical (unpaired) electrons. The second kappa shape index (κ2) is 6.65. The molecule has 0 saturated carbocycles. The summed E-state index contributed by atoms with van der Waals surface area (Å²) in [6, 6.07) is 6.28. The molecular weight excluding hydrogens is 362 g/mol. The fourth-order valence-corrected chi connectivity index (χ4v) is 4.93. The van der Waals surface area contributed by atoms with E-state index in [4.69, 9.17) is 15.5 Å². The molecule has 5 rings (SSSR count). The predicted molar refractivity (Wildman–Crippen MR) is 108 cm³/mol. The van der Waals surface area contributed by atoms with Crippen molar-refractivity contribution in [3.05, 3.63) is 24.0 Å². The van der Waals surface area contributed by atoms with E-state index >= 15 is 0 Å². The highest BCUT2D eigenvalue weighted by molar-refractivity contribution is 8.13. The summed E-state index contributed by atoms with van der Waals surface area (Å²) in [4.78, 5) is 16.2. The van der Waals surface area contributed by atoms with E-state index < -0.39 is 0 Å². The van der Waals surface area contributed by atoms with Crippen LogP contribution >= 0.6 is 11.8 Å². The Kier molecular flexibility index (Phi) is 4.13. The molecule has 4 heterocycles. The van der Waals surface area contributed by atoms with Crippen molar-refractivity contribution < 1.29 is 4.74 Å². The van der Waals surface area contributed by atoms with Gasteiger partial charge in [0.1, 0.15) is 11.3 Å². The molecule has 2 aromatic heterocycles. The molecule has 0 spiro atoms. The largest absolute Gasteiger partial charge is 0.494 e. The Bertz CT molecular complexity index is 1030. The summed E-state index contributed by atoms with van der Waals surface area (Å²) in [5.41, 5.74) is 9.57. The molecule has 2 N–H and O–H groups in total. The number of likely N-dealkylation sites (tertiary alicyclic amines) is 1. The summed E-state index contributed by atoms with van der Waals surface area (Å²) in [7, 11) is 1.63. The van der Waals surface area contributed by atoms with E-state index in [9.17, 15) is 0 Å².